The van der Waals surface area contributed by atoms with E-state index >= 15 is 0 Å². The van der Waals surface area contributed by atoms with Gasteiger partial charge in [0.15, 0.2) is 0 Å². The van der Waals surface area contributed by atoms with Gasteiger partial charge in [0.1, 0.15) is 5.01 Å². The van der Waals surface area contributed by atoms with Gasteiger partial charge in [-0.25, -0.2) is 9.78 Å². The van der Waals surface area contributed by atoms with Crippen LogP contribution < -0.4 is 5.32 Å². The molecule has 1 aromatic heterocycles. The standard InChI is InChI=1S/C15H23N3O2S/c1-2-20-15(19)18-8-5-12(6-9-18)17-13(11-3-4-11)14-16-7-10-21-14/h7,10-13,17H,2-6,8-9H2,1H3/t13-/m0/s1. The monoisotopic (exact) mass is 309 g/mol. The molecule has 21 heavy (non-hydrogen) atoms. The number of ether oxygens (including phenoxy) is 1. The van der Waals surface area contributed by atoms with Gasteiger partial charge >= 0.3 is 6.09 Å². The summed E-state index contributed by atoms with van der Waals surface area (Å²) in [6.07, 6.45) is 6.31. The number of likely N-dealkylation sites (tertiary alicyclic amines) is 1. The lowest BCUT2D eigenvalue weighted by atomic mass is 10.0. The number of nitrogens with one attached hydrogen (secondary N) is 1. The number of rotatable bonds is 5. The Morgan fingerprint density at radius 2 is 2.24 bits per heavy atom. The summed E-state index contributed by atoms with van der Waals surface area (Å²) < 4.78 is 5.06. The van der Waals surface area contributed by atoms with Crippen molar-refractivity contribution in [3.63, 3.8) is 0 Å². The lowest BCUT2D eigenvalue weighted by Gasteiger charge is -2.33. The molecule has 5 nitrogen and oxygen atoms in total. The number of aromatic nitrogens is 1. The Hall–Kier alpha value is -1.14. The second-order valence-electron chi connectivity index (χ2n) is 5.81. The van der Waals surface area contributed by atoms with Crippen molar-refractivity contribution in [2.75, 3.05) is 19.7 Å². The van der Waals surface area contributed by atoms with Crippen molar-refractivity contribution >= 4 is 17.4 Å². The minimum Gasteiger partial charge on any atom is -0.450 e. The second-order valence-corrected chi connectivity index (χ2v) is 6.74. The van der Waals surface area contributed by atoms with Crippen molar-refractivity contribution in [1.82, 2.24) is 15.2 Å². The van der Waals surface area contributed by atoms with Crippen LogP contribution in [0.25, 0.3) is 0 Å². The molecule has 2 aliphatic rings. The quantitative estimate of drug-likeness (QED) is 0.908. The van der Waals surface area contributed by atoms with Crippen LogP contribution in [0, 0.1) is 5.92 Å². The van der Waals surface area contributed by atoms with Gasteiger partial charge in [0.25, 0.3) is 0 Å². The Balaban J connectivity index is 1.51. The maximum Gasteiger partial charge on any atom is 0.409 e. The molecule has 1 aliphatic carbocycles. The molecule has 3 rings (SSSR count). The van der Waals surface area contributed by atoms with Gasteiger partial charge < -0.3 is 15.0 Å². The van der Waals surface area contributed by atoms with E-state index in [0.717, 1.165) is 31.8 Å². The molecule has 1 saturated carbocycles. The maximum absolute atomic E-state index is 11.7. The molecule has 1 amide bonds. The molecule has 0 aromatic carbocycles. The van der Waals surface area contributed by atoms with Gasteiger partial charge in [-0.05, 0) is 38.5 Å². The first kappa shape index (κ1) is 14.8. The molecule has 2 fully saturated rings. The van der Waals surface area contributed by atoms with Crippen LogP contribution >= 0.6 is 11.3 Å². The van der Waals surface area contributed by atoms with Crippen molar-refractivity contribution in [3.05, 3.63) is 16.6 Å². The molecule has 2 heterocycles. The smallest absolute Gasteiger partial charge is 0.409 e. The van der Waals surface area contributed by atoms with Crippen molar-refractivity contribution < 1.29 is 9.53 Å². The van der Waals surface area contributed by atoms with Crippen LogP contribution in [0.3, 0.4) is 0 Å². The van der Waals surface area contributed by atoms with Crippen LogP contribution in [0.5, 0.6) is 0 Å². The maximum atomic E-state index is 11.7. The van der Waals surface area contributed by atoms with Gasteiger partial charge in [0, 0.05) is 30.7 Å². The Morgan fingerprint density at radius 1 is 1.48 bits per heavy atom. The zero-order valence-corrected chi connectivity index (χ0v) is 13.3. The third-order valence-corrected chi connectivity index (χ3v) is 5.11. The average molecular weight is 309 g/mol. The summed E-state index contributed by atoms with van der Waals surface area (Å²) in [5, 5.41) is 7.05. The van der Waals surface area contributed by atoms with Crippen LogP contribution in [-0.2, 0) is 4.74 Å². The first-order chi connectivity index (χ1) is 10.3. The number of thiazole rings is 1. The summed E-state index contributed by atoms with van der Waals surface area (Å²) >= 11 is 1.74. The number of hydrogen-bond donors (Lipinski definition) is 1. The molecule has 0 bridgehead atoms. The predicted molar refractivity (Wildman–Crippen MR) is 82.3 cm³/mol. The number of nitrogens with zero attached hydrogens (tertiary/aromatic N) is 2. The third kappa shape index (κ3) is 3.74. The van der Waals surface area contributed by atoms with E-state index in [-0.39, 0.29) is 6.09 Å². The minimum atomic E-state index is -0.172. The Morgan fingerprint density at radius 3 is 2.81 bits per heavy atom. The molecule has 1 N–H and O–H groups in total. The predicted octanol–water partition coefficient (Wildman–Crippen LogP) is 2.80. The van der Waals surface area contributed by atoms with E-state index in [1.165, 1.54) is 17.8 Å². The van der Waals surface area contributed by atoms with Crippen molar-refractivity contribution in [2.24, 2.45) is 5.92 Å². The highest BCUT2D eigenvalue weighted by atomic mass is 32.1. The molecule has 0 spiro atoms. The van der Waals surface area contributed by atoms with Crippen LogP contribution in [0.2, 0.25) is 0 Å². The molecule has 1 atom stereocenters. The topological polar surface area (TPSA) is 54.5 Å². The lowest BCUT2D eigenvalue weighted by Crippen LogP contribution is -2.46. The van der Waals surface area contributed by atoms with Crippen LogP contribution in [0.15, 0.2) is 11.6 Å². The van der Waals surface area contributed by atoms with E-state index in [1.54, 1.807) is 11.3 Å². The first-order valence-corrected chi connectivity index (χ1v) is 8.73. The molecule has 116 valence electrons. The summed E-state index contributed by atoms with van der Waals surface area (Å²) in [6, 6.07) is 0.884. The number of piperidine rings is 1. The molecule has 1 aromatic rings. The van der Waals surface area contributed by atoms with Gasteiger partial charge in [-0.3, -0.25) is 0 Å². The normalized spacial score (nSPS) is 21.3. The van der Waals surface area contributed by atoms with Gasteiger partial charge in [0.2, 0.25) is 0 Å². The van der Waals surface area contributed by atoms with Crippen LogP contribution in [0.4, 0.5) is 4.79 Å². The zero-order chi connectivity index (χ0) is 14.7. The van der Waals surface area contributed by atoms with E-state index in [2.05, 4.69) is 15.7 Å². The largest absolute Gasteiger partial charge is 0.450 e. The lowest BCUT2D eigenvalue weighted by molar-refractivity contribution is 0.0938. The Labute approximate surface area is 129 Å². The van der Waals surface area contributed by atoms with Crippen molar-refractivity contribution in [2.45, 2.75) is 44.7 Å². The average Bonchev–Trinajstić information content (AvgIpc) is 3.20. The van der Waals surface area contributed by atoms with Crippen LogP contribution in [-0.4, -0.2) is 41.7 Å². The van der Waals surface area contributed by atoms with Gasteiger partial charge in [-0.15, -0.1) is 11.3 Å². The van der Waals surface area contributed by atoms with Crippen molar-refractivity contribution in [1.29, 1.82) is 0 Å². The molecular formula is C15H23N3O2S. The fourth-order valence-corrected chi connectivity index (χ4v) is 3.71. The summed E-state index contributed by atoms with van der Waals surface area (Å²) in [7, 11) is 0. The molecule has 6 heteroatoms. The third-order valence-electron chi connectivity index (χ3n) is 4.25. The molecular weight excluding hydrogens is 286 g/mol. The highest BCUT2D eigenvalue weighted by Gasteiger charge is 2.36. The molecule has 1 saturated heterocycles. The summed E-state index contributed by atoms with van der Waals surface area (Å²) in [6.45, 7) is 3.86. The Kier molecular flexibility index (Phi) is 4.75. The molecule has 0 unspecified atom stereocenters. The van der Waals surface area contributed by atoms with Gasteiger partial charge in [-0.2, -0.15) is 0 Å². The van der Waals surface area contributed by atoms with Crippen molar-refractivity contribution in [3.8, 4) is 0 Å². The fraction of sp³-hybridized carbons (Fsp3) is 0.733. The van der Waals surface area contributed by atoms with E-state index in [4.69, 9.17) is 4.74 Å². The zero-order valence-electron chi connectivity index (χ0n) is 12.5. The number of amides is 1. The fourth-order valence-electron chi connectivity index (χ4n) is 2.92. The van der Waals surface area contributed by atoms with Gasteiger partial charge in [0.05, 0.1) is 12.6 Å². The minimum absolute atomic E-state index is 0.172. The number of carbonyl (C=O) groups excluding carboxylic acids is 1. The summed E-state index contributed by atoms with van der Waals surface area (Å²) in [5.41, 5.74) is 0. The van der Waals surface area contributed by atoms with E-state index in [9.17, 15) is 4.79 Å². The van der Waals surface area contributed by atoms with Crippen LogP contribution in [0.1, 0.15) is 43.7 Å². The SMILES string of the molecule is CCOC(=O)N1CCC(N[C@H](c2nccs2)C2CC2)CC1. The number of hydrogen-bond acceptors (Lipinski definition) is 5. The van der Waals surface area contributed by atoms with Gasteiger partial charge in [-0.1, -0.05) is 0 Å². The summed E-state index contributed by atoms with van der Waals surface area (Å²) in [5.74, 6) is 0.749. The Bertz CT molecular complexity index is 453. The van der Waals surface area contributed by atoms with E-state index < -0.39 is 0 Å². The van der Waals surface area contributed by atoms with E-state index in [0.29, 0.717) is 18.7 Å². The summed E-state index contributed by atoms with van der Waals surface area (Å²) in [4.78, 5) is 18.0. The number of carbonyl (C=O) groups is 1. The highest BCUT2D eigenvalue weighted by molar-refractivity contribution is 7.09. The molecule has 1 aliphatic heterocycles. The highest BCUT2D eigenvalue weighted by Crippen LogP contribution is 2.42. The molecule has 0 radical (unpaired) electrons. The van der Waals surface area contributed by atoms with E-state index in [1.807, 2.05) is 18.0 Å². The first-order valence-electron chi connectivity index (χ1n) is 7.85. The second kappa shape index (κ2) is 6.75.